The third kappa shape index (κ3) is 4.15. The van der Waals surface area contributed by atoms with E-state index in [1.54, 1.807) is 18.3 Å². The van der Waals surface area contributed by atoms with Gasteiger partial charge in [-0.25, -0.2) is 4.39 Å². The molecule has 0 unspecified atom stereocenters. The minimum Gasteiger partial charge on any atom is -0.362 e. The number of carbonyl (C=O) groups is 2. The summed E-state index contributed by atoms with van der Waals surface area (Å²) in [4.78, 5) is 31.5. The molecule has 0 saturated carbocycles. The smallest absolute Gasteiger partial charge is 0.254 e. The van der Waals surface area contributed by atoms with Crippen LogP contribution in [0.5, 0.6) is 0 Å². The highest BCUT2D eigenvalue weighted by Crippen LogP contribution is 2.45. The molecule has 0 fully saturated rings. The Bertz CT molecular complexity index is 1320. The van der Waals surface area contributed by atoms with E-state index in [1.165, 1.54) is 18.2 Å². The van der Waals surface area contributed by atoms with Gasteiger partial charge in [0.15, 0.2) is 5.78 Å². The number of aromatic nitrogens is 1. The summed E-state index contributed by atoms with van der Waals surface area (Å²) in [5, 5.41) is 6.14. The van der Waals surface area contributed by atoms with Crippen LogP contribution in [0.1, 0.15) is 42.9 Å². The molecule has 2 heterocycles. The Balaban J connectivity index is 1.55. The number of pyridine rings is 1. The zero-order valence-corrected chi connectivity index (χ0v) is 18.7. The number of allylic oxidation sites excluding steroid dienone is 3. The number of amides is 1. The number of ketones is 1. The maximum absolute atomic E-state index is 13.7. The van der Waals surface area contributed by atoms with Crippen molar-refractivity contribution in [2.75, 3.05) is 5.32 Å². The fourth-order valence-electron chi connectivity index (χ4n) is 4.91. The van der Waals surface area contributed by atoms with Gasteiger partial charge < -0.3 is 10.6 Å². The number of dihydropyridines is 1. The topological polar surface area (TPSA) is 71.1 Å². The van der Waals surface area contributed by atoms with Crippen LogP contribution in [-0.4, -0.2) is 16.7 Å². The number of nitrogens with one attached hydrogen (secondary N) is 2. The highest BCUT2D eigenvalue weighted by molar-refractivity contribution is 6.09. The van der Waals surface area contributed by atoms with E-state index in [2.05, 4.69) is 15.6 Å². The lowest BCUT2D eigenvalue weighted by Gasteiger charge is -2.36. The van der Waals surface area contributed by atoms with Gasteiger partial charge in [0.2, 0.25) is 0 Å². The zero-order chi connectivity index (χ0) is 23.7. The van der Waals surface area contributed by atoms with Crippen LogP contribution in [0.15, 0.2) is 102 Å². The molecular weight excluding hydrogens is 429 g/mol. The van der Waals surface area contributed by atoms with E-state index in [-0.39, 0.29) is 11.7 Å². The highest BCUT2D eigenvalue weighted by Gasteiger charge is 2.41. The minimum absolute atomic E-state index is 0.00168. The summed E-state index contributed by atoms with van der Waals surface area (Å²) < 4.78 is 13.7. The molecule has 2 N–H and O–H groups in total. The Labute approximate surface area is 197 Å². The summed E-state index contributed by atoms with van der Waals surface area (Å²) in [6, 6.07) is 21.3. The Morgan fingerprint density at radius 3 is 2.56 bits per heavy atom. The van der Waals surface area contributed by atoms with Crippen LogP contribution in [0.25, 0.3) is 0 Å². The van der Waals surface area contributed by atoms with Gasteiger partial charge in [0, 0.05) is 40.8 Å². The number of rotatable bonds is 4. The number of hydrogen-bond acceptors (Lipinski definition) is 4. The molecule has 6 heteroatoms. The lowest BCUT2D eigenvalue weighted by molar-refractivity contribution is -0.116. The van der Waals surface area contributed by atoms with Crippen LogP contribution in [0.4, 0.5) is 10.1 Å². The van der Waals surface area contributed by atoms with Crippen LogP contribution in [0.2, 0.25) is 0 Å². The van der Waals surface area contributed by atoms with Crippen molar-refractivity contribution in [2.24, 2.45) is 0 Å². The van der Waals surface area contributed by atoms with Crippen molar-refractivity contribution in [1.29, 1.82) is 0 Å². The van der Waals surface area contributed by atoms with E-state index in [0.717, 1.165) is 11.3 Å². The molecule has 0 saturated heterocycles. The number of carbonyl (C=O) groups excluding carboxylic acids is 2. The van der Waals surface area contributed by atoms with Gasteiger partial charge in [-0.1, -0.05) is 42.5 Å². The van der Waals surface area contributed by atoms with E-state index in [9.17, 15) is 14.0 Å². The SMILES string of the molecule is CC1=C(C(=O)Nc2cccc(F)c2)[C@H](c2ccccn2)C2=C(C[C@H](c3ccccc3)CC2=O)N1. The summed E-state index contributed by atoms with van der Waals surface area (Å²) in [6.07, 6.45) is 2.70. The largest absolute Gasteiger partial charge is 0.362 e. The van der Waals surface area contributed by atoms with Crippen molar-refractivity contribution in [2.45, 2.75) is 31.6 Å². The van der Waals surface area contributed by atoms with E-state index in [1.807, 2.05) is 49.4 Å². The quantitative estimate of drug-likeness (QED) is 0.568. The monoisotopic (exact) mass is 453 g/mol. The van der Waals surface area contributed by atoms with Gasteiger partial charge in [0.1, 0.15) is 5.82 Å². The Hall–Kier alpha value is -4.06. The predicted octanol–water partition coefficient (Wildman–Crippen LogP) is 5.22. The molecule has 1 amide bonds. The predicted molar refractivity (Wildman–Crippen MR) is 128 cm³/mol. The summed E-state index contributed by atoms with van der Waals surface area (Å²) in [5.74, 6) is -1.36. The molecule has 2 aliphatic rings. The number of Topliss-reactive ketones (excluding diaryl/α,β-unsaturated/α-hetero) is 1. The average molecular weight is 454 g/mol. The first kappa shape index (κ1) is 21.8. The molecule has 0 spiro atoms. The molecular formula is C28H24FN3O2. The Morgan fingerprint density at radius 1 is 1.03 bits per heavy atom. The molecule has 2 atom stereocenters. The normalized spacial score (nSPS) is 20.0. The van der Waals surface area contributed by atoms with Crippen molar-refractivity contribution >= 4 is 17.4 Å². The summed E-state index contributed by atoms with van der Waals surface area (Å²) in [6.45, 7) is 1.83. The van der Waals surface area contributed by atoms with Crippen LogP contribution < -0.4 is 10.6 Å². The molecule has 34 heavy (non-hydrogen) atoms. The van der Waals surface area contributed by atoms with E-state index in [0.29, 0.717) is 41.1 Å². The van der Waals surface area contributed by atoms with Gasteiger partial charge in [-0.3, -0.25) is 14.6 Å². The molecule has 1 aliphatic heterocycles. The van der Waals surface area contributed by atoms with Crippen molar-refractivity contribution in [3.63, 3.8) is 0 Å². The van der Waals surface area contributed by atoms with Gasteiger partial charge in [-0.2, -0.15) is 0 Å². The van der Waals surface area contributed by atoms with Gasteiger partial charge in [-0.15, -0.1) is 0 Å². The molecule has 5 nitrogen and oxygen atoms in total. The first-order chi connectivity index (χ1) is 16.5. The second-order valence-electron chi connectivity index (χ2n) is 8.65. The van der Waals surface area contributed by atoms with Crippen LogP contribution >= 0.6 is 0 Å². The summed E-state index contributed by atoms with van der Waals surface area (Å²) >= 11 is 0. The van der Waals surface area contributed by atoms with Gasteiger partial charge in [0.25, 0.3) is 5.91 Å². The fourth-order valence-corrected chi connectivity index (χ4v) is 4.91. The molecule has 0 radical (unpaired) electrons. The van der Waals surface area contributed by atoms with E-state index in [4.69, 9.17) is 0 Å². The molecule has 3 aromatic rings. The molecule has 5 rings (SSSR count). The second-order valence-corrected chi connectivity index (χ2v) is 8.65. The first-order valence-electron chi connectivity index (χ1n) is 11.3. The number of anilines is 1. The maximum atomic E-state index is 13.7. The van der Waals surface area contributed by atoms with Crippen molar-refractivity contribution < 1.29 is 14.0 Å². The standard InChI is InChI=1S/C28H24FN3O2/c1-17-25(28(34)32-21-11-7-10-20(29)16-21)27(22-12-5-6-13-30-22)26-23(31-17)14-19(15-24(26)33)18-8-3-2-4-9-18/h2-13,16,19,27,31H,14-15H2,1H3,(H,32,34)/t19-,27-/m0/s1. The van der Waals surface area contributed by atoms with Crippen LogP contribution in [0.3, 0.4) is 0 Å². The van der Waals surface area contributed by atoms with E-state index >= 15 is 0 Å². The maximum Gasteiger partial charge on any atom is 0.254 e. The molecule has 170 valence electrons. The van der Waals surface area contributed by atoms with Gasteiger partial charge in [0.05, 0.1) is 11.6 Å². The number of benzene rings is 2. The second kappa shape index (κ2) is 9.06. The van der Waals surface area contributed by atoms with Crippen molar-refractivity contribution in [3.05, 3.63) is 119 Å². The Kier molecular flexibility index (Phi) is 5.80. The summed E-state index contributed by atoms with van der Waals surface area (Å²) in [5.41, 5.74) is 4.59. The van der Waals surface area contributed by atoms with Crippen LogP contribution in [0, 0.1) is 5.82 Å². The fraction of sp³-hybridized carbons (Fsp3) is 0.179. The average Bonchev–Trinajstić information content (AvgIpc) is 2.84. The minimum atomic E-state index is -0.602. The number of nitrogens with zero attached hydrogens (tertiary/aromatic N) is 1. The highest BCUT2D eigenvalue weighted by atomic mass is 19.1. The molecule has 2 aromatic carbocycles. The molecule has 1 aromatic heterocycles. The van der Waals surface area contributed by atoms with Crippen molar-refractivity contribution in [1.82, 2.24) is 10.3 Å². The Morgan fingerprint density at radius 2 is 1.82 bits per heavy atom. The molecule has 1 aliphatic carbocycles. The first-order valence-corrected chi connectivity index (χ1v) is 11.3. The van der Waals surface area contributed by atoms with Crippen LogP contribution in [-0.2, 0) is 9.59 Å². The van der Waals surface area contributed by atoms with Gasteiger partial charge in [-0.05, 0) is 55.2 Å². The lowest BCUT2D eigenvalue weighted by atomic mass is 9.72. The summed E-state index contributed by atoms with van der Waals surface area (Å²) in [7, 11) is 0. The number of halogens is 1. The van der Waals surface area contributed by atoms with Gasteiger partial charge >= 0.3 is 0 Å². The van der Waals surface area contributed by atoms with E-state index < -0.39 is 17.6 Å². The molecule has 0 bridgehead atoms. The third-order valence-electron chi connectivity index (χ3n) is 6.41. The third-order valence-corrected chi connectivity index (χ3v) is 6.41. The zero-order valence-electron chi connectivity index (χ0n) is 18.7. The lowest BCUT2D eigenvalue weighted by Crippen LogP contribution is -2.37. The van der Waals surface area contributed by atoms with Crippen molar-refractivity contribution in [3.8, 4) is 0 Å². The number of hydrogen-bond donors (Lipinski definition) is 2.